The summed E-state index contributed by atoms with van der Waals surface area (Å²) in [5.74, 6) is 0.0515. The molecule has 2 aromatic heterocycles. The largest absolute Gasteiger partial charge is 0.478 e. The second kappa shape index (κ2) is 4.35. The van der Waals surface area contributed by atoms with Gasteiger partial charge in [-0.1, -0.05) is 0 Å². The molecule has 3 heterocycles. The lowest BCUT2D eigenvalue weighted by Gasteiger charge is -2.10. The van der Waals surface area contributed by atoms with Crippen molar-refractivity contribution in [1.29, 1.82) is 0 Å². The second-order valence-electron chi connectivity index (χ2n) is 4.61. The Kier molecular flexibility index (Phi) is 2.67. The van der Waals surface area contributed by atoms with Gasteiger partial charge in [-0.15, -0.1) is 0 Å². The minimum Gasteiger partial charge on any atom is -0.478 e. The number of fused-ring (bicyclic) bond motifs is 1. The number of pyridine rings is 2. The molecule has 0 aromatic carbocycles. The van der Waals surface area contributed by atoms with Crippen molar-refractivity contribution < 1.29 is 9.90 Å². The molecule has 1 aliphatic rings. The van der Waals surface area contributed by atoms with Gasteiger partial charge in [0, 0.05) is 31.5 Å². The second-order valence-corrected chi connectivity index (χ2v) is 4.61. The summed E-state index contributed by atoms with van der Waals surface area (Å²) < 4.78 is 0. The quantitative estimate of drug-likeness (QED) is 0.886. The Labute approximate surface area is 110 Å². The summed E-state index contributed by atoms with van der Waals surface area (Å²) in [6.07, 6.45) is 4.22. The fourth-order valence-corrected chi connectivity index (χ4v) is 2.29. The van der Waals surface area contributed by atoms with E-state index in [1.165, 1.54) is 17.8 Å². The highest BCUT2D eigenvalue weighted by Gasteiger charge is 2.18. The summed E-state index contributed by atoms with van der Waals surface area (Å²) in [6.45, 7) is 0.967. The maximum absolute atomic E-state index is 11.0. The number of carbonyl (C=O) groups is 1. The highest BCUT2D eigenvalue weighted by Crippen LogP contribution is 2.28. The zero-order valence-corrected chi connectivity index (χ0v) is 10.5. The lowest BCUT2D eigenvalue weighted by atomic mass is 10.1. The molecule has 0 atom stereocenters. The third-order valence-corrected chi connectivity index (χ3v) is 3.32. The Morgan fingerprint density at radius 2 is 2.21 bits per heavy atom. The zero-order chi connectivity index (χ0) is 13.4. The van der Waals surface area contributed by atoms with Crippen LogP contribution in [0.5, 0.6) is 0 Å². The predicted molar refractivity (Wildman–Crippen MR) is 71.4 cm³/mol. The topological polar surface area (TPSA) is 66.3 Å². The lowest BCUT2D eigenvalue weighted by Crippen LogP contribution is -2.13. The number of aromatic carboxylic acids is 1. The molecule has 1 aliphatic heterocycles. The molecule has 5 nitrogen and oxygen atoms in total. The van der Waals surface area contributed by atoms with Gasteiger partial charge in [-0.2, -0.15) is 0 Å². The van der Waals surface area contributed by atoms with E-state index in [0.29, 0.717) is 5.69 Å². The summed E-state index contributed by atoms with van der Waals surface area (Å²) in [5.41, 5.74) is 2.92. The number of carboxylic acid groups (broad SMARTS) is 1. The van der Waals surface area contributed by atoms with Crippen LogP contribution in [0.1, 0.15) is 15.9 Å². The van der Waals surface area contributed by atoms with Crippen molar-refractivity contribution in [3.63, 3.8) is 0 Å². The van der Waals surface area contributed by atoms with Crippen LogP contribution in [0.3, 0.4) is 0 Å². The number of rotatable bonds is 2. The predicted octanol–water partition coefficient (Wildman–Crippen LogP) is 1.83. The van der Waals surface area contributed by atoms with Gasteiger partial charge in [0.2, 0.25) is 0 Å². The molecular formula is C14H13N3O2. The van der Waals surface area contributed by atoms with Crippen LogP contribution in [-0.4, -0.2) is 34.6 Å². The maximum atomic E-state index is 11.0. The van der Waals surface area contributed by atoms with Gasteiger partial charge < -0.3 is 10.0 Å². The van der Waals surface area contributed by atoms with E-state index in [2.05, 4.69) is 14.9 Å². The molecule has 0 bridgehead atoms. The fraction of sp³-hybridized carbons (Fsp3) is 0.214. The summed E-state index contributed by atoms with van der Waals surface area (Å²) in [5, 5.41) is 9.00. The van der Waals surface area contributed by atoms with Gasteiger partial charge in [-0.05, 0) is 30.2 Å². The van der Waals surface area contributed by atoms with E-state index >= 15 is 0 Å². The van der Waals surface area contributed by atoms with Crippen LogP contribution in [-0.2, 0) is 6.42 Å². The van der Waals surface area contributed by atoms with Crippen LogP contribution in [0.4, 0.5) is 5.82 Å². The van der Waals surface area contributed by atoms with Crippen molar-refractivity contribution in [2.75, 3.05) is 18.5 Å². The molecule has 96 valence electrons. The highest BCUT2D eigenvalue weighted by atomic mass is 16.4. The fourth-order valence-electron chi connectivity index (χ4n) is 2.29. The van der Waals surface area contributed by atoms with Crippen LogP contribution in [0, 0.1) is 0 Å². The standard InChI is InChI=1S/C14H13N3O2/c1-17-5-3-9-6-11(8-16-13(9)17)12-7-10(14(18)19)2-4-15-12/h2,4,6-8H,3,5H2,1H3,(H,18,19). The number of hydrogen-bond donors (Lipinski definition) is 1. The molecule has 2 aromatic rings. The number of nitrogens with zero attached hydrogens (tertiary/aromatic N) is 3. The van der Waals surface area contributed by atoms with E-state index in [9.17, 15) is 4.79 Å². The first kappa shape index (κ1) is 11.6. The summed E-state index contributed by atoms with van der Waals surface area (Å²) in [6, 6.07) is 5.10. The van der Waals surface area contributed by atoms with Gasteiger partial charge in [0.05, 0.1) is 11.3 Å². The number of aromatic nitrogens is 2. The number of carboxylic acids is 1. The number of hydrogen-bond acceptors (Lipinski definition) is 4. The lowest BCUT2D eigenvalue weighted by molar-refractivity contribution is 0.0697. The van der Waals surface area contributed by atoms with E-state index in [0.717, 1.165) is 24.3 Å². The first-order valence-corrected chi connectivity index (χ1v) is 6.05. The van der Waals surface area contributed by atoms with E-state index in [-0.39, 0.29) is 5.56 Å². The van der Waals surface area contributed by atoms with Crippen molar-refractivity contribution in [2.24, 2.45) is 0 Å². The van der Waals surface area contributed by atoms with Gasteiger partial charge in [0.15, 0.2) is 0 Å². The highest BCUT2D eigenvalue weighted by molar-refractivity contribution is 5.88. The molecule has 0 fully saturated rings. The van der Waals surface area contributed by atoms with Crippen LogP contribution in [0.15, 0.2) is 30.6 Å². The molecule has 3 rings (SSSR count). The van der Waals surface area contributed by atoms with Gasteiger partial charge in [0.25, 0.3) is 0 Å². The first-order valence-electron chi connectivity index (χ1n) is 6.05. The van der Waals surface area contributed by atoms with Gasteiger partial charge in [-0.3, -0.25) is 4.98 Å². The van der Waals surface area contributed by atoms with Crippen LogP contribution >= 0.6 is 0 Å². The molecule has 0 amide bonds. The molecule has 0 spiro atoms. The number of likely N-dealkylation sites (N-methyl/N-ethyl adjacent to an activating group) is 1. The first-order chi connectivity index (χ1) is 9.15. The van der Waals surface area contributed by atoms with Crippen LogP contribution in [0.2, 0.25) is 0 Å². The molecule has 1 N–H and O–H groups in total. The number of anilines is 1. The van der Waals surface area contributed by atoms with Crippen molar-refractivity contribution in [3.8, 4) is 11.3 Å². The third-order valence-electron chi connectivity index (χ3n) is 3.32. The molecule has 0 saturated heterocycles. The Bertz CT molecular complexity index is 655. The molecule has 19 heavy (non-hydrogen) atoms. The monoisotopic (exact) mass is 255 g/mol. The van der Waals surface area contributed by atoms with Crippen molar-refractivity contribution >= 4 is 11.8 Å². The Balaban J connectivity index is 2.03. The summed E-state index contributed by atoms with van der Waals surface area (Å²) in [4.78, 5) is 21.7. The maximum Gasteiger partial charge on any atom is 0.335 e. The zero-order valence-electron chi connectivity index (χ0n) is 10.5. The molecule has 0 radical (unpaired) electrons. The molecule has 0 aliphatic carbocycles. The minimum absolute atomic E-state index is 0.239. The smallest absolute Gasteiger partial charge is 0.335 e. The van der Waals surface area contributed by atoms with E-state index in [1.807, 2.05) is 13.1 Å². The van der Waals surface area contributed by atoms with Gasteiger partial charge >= 0.3 is 5.97 Å². The van der Waals surface area contributed by atoms with E-state index in [1.54, 1.807) is 12.3 Å². The van der Waals surface area contributed by atoms with Crippen molar-refractivity contribution in [1.82, 2.24) is 9.97 Å². The summed E-state index contributed by atoms with van der Waals surface area (Å²) >= 11 is 0. The Morgan fingerprint density at radius 3 is 3.00 bits per heavy atom. The average Bonchev–Trinajstić information content (AvgIpc) is 2.80. The molecule has 0 unspecified atom stereocenters. The third kappa shape index (κ3) is 2.03. The minimum atomic E-state index is -0.947. The van der Waals surface area contributed by atoms with Gasteiger partial charge in [-0.25, -0.2) is 9.78 Å². The van der Waals surface area contributed by atoms with Crippen molar-refractivity contribution in [3.05, 3.63) is 41.7 Å². The van der Waals surface area contributed by atoms with Crippen LogP contribution in [0.25, 0.3) is 11.3 Å². The molecule has 0 saturated carbocycles. The SMILES string of the molecule is CN1CCc2cc(-c3cc(C(=O)O)ccn3)cnc21. The average molecular weight is 255 g/mol. The Morgan fingerprint density at radius 1 is 1.37 bits per heavy atom. The molecule has 5 heteroatoms. The van der Waals surface area contributed by atoms with Gasteiger partial charge in [0.1, 0.15) is 5.82 Å². The van der Waals surface area contributed by atoms with E-state index < -0.39 is 5.97 Å². The van der Waals surface area contributed by atoms with Crippen molar-refractivity contribution in [2.45, 2.75) is 6.42 Å². The Hall–Kier alpha value is -2.43. The normalized spacial score (nSPS) is 13.4. The van der Waals surface area contributed by atoms with Crippen LogP contribution < -0.4 is 4.90 Å². The summed E-state index contributed by atoms with van der Waals surface area (Å²) in [7, 11) is 2.02. The van der Waals surface area contributed by atoms with E-state index in [4.69, 9.17) is 5.11 Å². The molecular weight excluding hydrogens is 242 g/mol.